The highest BCUT2D eigenvalue weighted by molar-refractivity contribution is 6.28. The first-order valence-corrected chi connectivity index (χ1v) is 11.7. The van der Waals surface area contributed by atoms with Gasteiger partial charge in [0.25, 0.3) is 0 Å². The third kappa shape index (κ3) is 4.54. The van der Waals surface area contributed by atoms with Gasteiger partial charge in [-0.25, -0.2) is 9.99 Å². The normalized spacial score (nSPS) is 19.8. The number of aromatic nitrogens is 4. The van der Waals surface area contributed by atoms with Gasteiger partial charge in [0.15, 0.2) is 17.0 Å². The first-order chi connectivity index (χ1) is 15.2. The molecule has 1 saturated heterocycles. The minimum absolute atomic E-state index is 0.246. The van der Waals surface area contributed by atoms with Crippen molar-refractivity contribution in [2.45, 2.75) is 57.1 Å². The number of piperidine rings is 1. The van der Waals surface area contributed by atoms with Crippen molar-refractivity contribution in [3.63, 3.8) is 0 Å². The quantitative estimate of drug-likeness (QED) is 0.538. The van der Waals surface area contributed by atoms with Crippen LogP contribution in [0.2, 0.25) is 5.28 Å². The maximum atomic E-state index is 10.5. The molecule has 1 atom stereocenters. The summed E-state index contributed by atoms with van der Waals surface area (Å²) >= 11 is 6.27. The fourth-order valence-electron chi connectivity index (χ4n) is 4.97. The van der Waals surface area contributed by atoms with Gasteiger partial charge in [0.05, 0.1) is 12.4 Å². The number of anilines is 1. The second-order valence-corrected chi connectivity index (χ2v) is 9.15. The molecule has 3 aromatic rings. The number of imidazole rings is 1. The Labute approximate surface area is 187 Å². The minimum atomic E-state index is -0.398. The van der Waals surface area contributed by atoms with Gasteiger partial charge in [-0.2, -0.15) is 9.97 Å². The molecule has 1 aromatic carbocycles. The van der Waals surface area contributed by atoms with E-state index < -0.39 is 6.10 Å². The van der Waals surface area contributed by atoms with E-state index in [0.29, 0.717) is 17.8 Å². The van der Waals surface area contributed by atoms with Crippen LogP contribution in [-0.4, -0.2) is 42.7 Å². The fourth-order valence-corrected chi connectivity index (χ4v) is 5.14. The zero-order valence-corrected chi connectivity index (χ0v) is 18.4. The van der Waals surface area contributed by atoms with Crippen LogP contribution in [0.1, 0.15) is 62.7 Å². The van der Waals surface area contributed by atoms with Gasteiger partial charge in [0.1, 0.15) is 0 Å². The van der Waals surface area contributed by atoms with Crippen molar-refractivity contribution < 1.29 is 5.11 Å². The number of halogens is 1. The van der Waals surface area contributed by atoms with Crippen LogP contribution in [-0.2, 0) is 0 Å². The van der Waals surface area contributed by atoms with Gasteiger partial charge >= 0.3 is 0 Å². The molecule has 0 spiro atoms. The topological polar surface area (TPSA) is 79.1 Å². The number of nitrogens with zero attached hydrogens (tertiary/aromatic N) is 5. The van der Waals surface area contributed by atoms with E-state index >= 15 is 0 Å². The molecule has 0 amide bonds. The Kier molecular flexibility index (Phi) is 6.07. The summed E-state index contributed by atoms with van der Waals surface area (Å²) in [7, 11) is 0. The lowest BCUT2D eigenvalue weighted by Crippen LogP contribution is -2.38. The molecule has 1 aliphatic carbocycles. The van der Waals surface area contributed by atoms with Gasteiger partial charge in [-0.3, -0.25) is 0 Å². The molecular formula is C23H29ClN6O. The Morgan fingerprint density at radius 3 is 2.55 bits per heavy atom. The van der Waals surface area contributed by atoms with E-state index in [-0.39, 0.29) is 5.28 Å². The number of hydrogen-bond acceptors (Lipinski definition) is 6. The number of rotatable bonds is 6. The first-order valence-electron chi connectivity index (χ1n) is 11.3. The van der Waals surface area contributed by atoms with Crippen LogP contribution in [0.25, 0.3) is 11.2 Å². The summed E-state index contributed by atoms with van der Waals surface area (Å²) in [6.07, 6.45) is 9.16. The largest absolute Gasteiger partial charge is 0.388 e. The lowest BCUT2D eigenvalue weighted by atomic mass is 9.89. The summed E-state index contributed by atoms with van der Waals surface area (Å²) < 4.78 is 2.16. The molecular weight excluding hydrogens is 412 g/mol. The summed E-state index contributed by atoms with van der Waals surface area (Å²) in [4.78, 5) is 13.5. The molecule has 2 aliphatic rings. The Morgan fingerprint density at radius 2 is 1.81 bits per heavy atom. The molecule has 0 unspecified atom stereocenters. The van der Waals surface area contributed by atoms with Gasteiger partial charge in [0, 0.05) is 19.1 Å². The molecule has 8 heteroatoms. The van der Waals surface area contributed by atoms with Gasteiger partial charge in [-0.1, -0.05) is 43.2 Å². The third-order valence-electron chi connectivity index (χ3n) is 6.73. The smallest absolute Gasteiger partial charge is 0.226 e. The molecule has 2 aromatic heterocycles. The summed E-state index contributed by atoms with van der Waals surface area (Å²) in [5.41, 5.74) is 6.02. The maximum absolute atomic E-state index is 10.5. The lowest BCUT2D eigenvalue weighted by molar-refractivity contribution is 0.115. The number of aliphatic hydroxyl groups is 1. The summed E-state index contributed by atoms with van der Waals surface area (Å²) in [5, 5.41) is 13.0. The number of fused-ring (bicyclic) bond motifs is 1. The number of hydrogen-bond donors (Lipinski definition) is 2. The van der Waals surface area contributed by atoms with E-state index in [1.165, 1.54) is 12.8 Å². The van der Waals surface area contributed by atoms with Crippen LogP contribution in [0, 0.1) is 5.92 Å². The molecule has 3 heterocycles. The number of benzene rings is 1. The van der Waals surface area contributed by atoms with Crippen molar-refractivity contribution in [2.75, 3.05) is 18.5 Å². The average Bonchev–Trinajstić information content (AvgIpc) is 3.45. The Morgan fingerprint density at radius 1 is 1.06 bits per heavy atom. The standard InChI is InChI=1S/C23H29ClN6O/c24-23-26-21(20-22(27-23)30(15-25-20)18-8-4-5-9-18)28-29-12-10-16(11-13-29)14-19(31)17-6-2-1-3-7-17/h1-3,6-7,15-16,18-19,31H,4-5,8-14H2,(H,26,27,28)/t19-/m1/s1. The van der Waals surface area contributed by atoms with Crippen molar-refractivity contribution >= 4 is 28.6 Å². The second kappa shape index (κ2) is 9.10. The average molecular weight is 441 g/mol. The van der Waals surface area contributed by atoms with Gasteiger partial charge in [-0.15, -0.1) is 0 Å². The SMILES string of the molecule is O[C@H](CC1CCN(Nc2nc(Cl)nc3c2ncn3C2CCCC2)CC1)c1ccccc1. The van der Waals surface area contributed by atoms with Crippen LogP contribution >= 0.6 is 11.6 Å². The van der Waals surface area contributed by atoms with Gasteiger partial charge in [0.2, 0.25) is 5.28 Å². The van der Waals surface area contributed by atoms with Crippen molar-refractivity contribution in [1.82, 2.24) is 24.5 Å². The Hall–Kier alpha value is -2.22. The third-order valence-corrected chi connectivity index (χ3v) is 6.90. The Bertz CT molecular complexity index is 1010. The predicted molar refractivity (Wildman–Crippen MR) is 122 cm³/mol. The molecule has 2 N–H and O–H groups in total. The van der Waals surface area contributed by atoms with E-state index in [2.05, 4.69) is 30.0 Å². The van der Waals surface area contributed by atoms with E-state index in [4.69, 9.17) is 11.6 Å². The number of aliphatic hydroxyl groups excluding tert-OH is 1. The van der Waals surface area contributed by atoms with Crippen molar-refractivity contribution in [3.05, 3.63) is 47.5 Å². The van der Waals surface area contributed by atoms with Crippen LogP contribution in [0.5, 0.6) is 0 Å². The van der Waals surface area contributed by atoms with Crippen molar-refractivity contribution in [3.8, 4) is 0 Å². The summed E-state index contributed by atoms with van der Waals surface area (Å²) in [6.45, 7) is 1.78. The molecule has 164 valence electrons. The molecule has 0 bridgehead atoms. The van der Waals surface area contributed by atoms with Crippen LogP contribution < -0.4 is 5.43 Å². The number of hydrazine groups is 1. The molecule has 1 aliphatic heterocycles. The minimum Gasteiger partial charge on any atom is -0.388 e. The van der Waals surface area contributed by atoms with E-state index in [1.54, 1.807) is 0 Å². The maximum Gasteiger partial charge on any atom is 0.226 e. The summed E-state index contributed by atoms with van der Waals surface area (Å²) in [6, 6.07) is 10.4. The monoisotopic (exact) mass is 440 g/mol. The first kappa shape index (κ1) is 20.7. The molecule has 2 fully saturated rings. The van der Waals surface area contributed by atoms with E-state index in [9.17, 15) is 5.11 Å². The fraction of sp³-hybridized carbons (Fsp3) is 0.522. The number of nitrogens with one attached hydrogen (secondary N) is 1. The van der Waals surface area contributed by atoms with E-state index in [1.807, 2.05) is 36.7 Å². The van der Waals surface area contributed by atoms with Crippen LogP contribution in [0.3, 0.4) is 0 Å². The van der Waals surface area contributed by atoms with Gasteiger partial charge < -0.3 is 15.1 Å². The summed E-state index contributed by atoms with van der Waals surface area (Å²) in [5.74, 6) is 1.18. The van der Waals surface area contributed by atoms with E-state index in [0.717, 1.165) is 61.9 Å². The zero-order chi connectivity index (χ0) is 21.2. The van der Waals surface area contributed by atoms with Crippen molar-refractivity contribution in [2.24, 2.45) is 5.92 Å². The lowest BCUT2D eigenvalue weighted by Gasteiger charge is -2.33. The predicted octanol–water partition coefficient (Wildman–Crippen LogP) is 4.76. The zero-order valence-electron chi connectivity index (χ0n) is 17.6. The van der Waals surface area contributed by atoms with Gasteiger partial charge in [-0.05, 0) is 55.2 Å². The van der Waals surface area contributed by atoms with Crippen molar-refractivity contribution in [1.29, 1.82) is 0 Å². The molecule has 1 saturated carbocycles. The van der Waals surface area contributed by atoms with Crippen LogP contribution in [0.15, 0.2) is 36.7 Å². The highest BCUT2D eigenvalue weighted by atomic mass is 35.5. The Balaban J connectivity index is 1.23. The van der Waals surface area contributed by atoms with Crippen LogP contribution in [0.4, 0.5) is 5.82 Å². The molecule has 5 rings (SSSR count). The molecule has 31 heavy (non-hydrogen) atoms. The highest BCUT2D eigenvalue weighted by Gasteiger charge is 2.25. The highest BCUT2D eigenvalue weighted by Crippen LogP contribution is 2.33. The molecule has 0 radical (unpaired) electrons. The second-order valence-electron chi connectivity index (χ2n) is 8.81. The molecule has 7 nitrogen and oxygen atoms in total.